The number of aryl methyl sites for hydroxylation is 1. The van der Waals surface area contributed by atoms with Gasteiger partial charge in [-0.3, -0.25) is 9.59 Å². The molecule has 2 aromatic rings. The van der Waals surface area contributed by atoms with E-state index in [4.69, 9.17) is 0 Å². The second kappa shape index (κ2) is 8.69. The van der Waals surface area contributed by atoms with Crippen LogP contribution in [-0.2, 0) is 16.0 Å². The summed E-state index contributed by atoms with van der Waals surface area (Å²) in [6.07, 6.45) is 1.81. The smallest absolute Gasteiger partial charge is 0.336 e. The Balaban J connectivity index is 1.62. The van der Waals surface area contributed by atoms with Gasteiger partial charge in [0, 0.05) is 18.8 Å². The van der Waals surface area contributed by atoms with E-state index in [-0.39, 0.29) is 23.3 Å². The summed E-state index contributed by atoms with van der Waals surface area (Å²) in [5.41, 5.74) is 2.22. The minimum atomic E-state index is -1.02. The zero-order chi connectivity index (χ0) is 20.1. The van der Waals surface area contributed by atoms with E-state index in [1.807, 2.05) is 30.3 Å². The van der Waals surface area contributed by atoms with Gasteiger partial charge < -0.3 is 15.3 Å². The number of amides is 2. The number of piperidine rings is 1. The first-order chi connectivity index (χ1) is 13.4. The van der Waals surface area contributed by atoms with Crippen molar-refractivity contribution in [2.24, 2.45) is 5.92 Å². The van der Waals surface area contributed by atoms with Crippen molar-refractivity contribution in [2.45, 2.75) is 26.2 Å². The quantitative estimate of drug-likeness (QED) is 0.834. The first-order valence-electron chi connectivity index (χ1n) is 9.40. The largest absolute Gasteiger partial charge is 0.478 e. The Kier molecular flexibility index (Phi) is 6.09. The van der Waals surface area contributed by atoms with Crippen molar-refractivity contribution < 1.29 is 19.5 Å². The lowest BCUT2D eigenvalue weighted by molar-refractivity contribution is -0.133. The number of carbonyl (C=O) groups is 3. The zero-order valence-corrected chi connectivity index (χ0v) is 15.9. The van der Waals surface area contributed by atoms with Crippen molar-refractivity contribution in [3.63, 3.8) is 0 Å². The number of likely N-dealkylation sites (tertiary alicyclic amines) is 1. The number of carboxylic acid groups (broad SMARTS) is 1. The Morgan fingerprint density at radius 2 is 1.89 bits per heavy atom. The first kappa shape index (κ1) is 19.6. The number of aromatic carboxylic acids is 1. The number of rotatable bonds is 5. The van der Waals surface area contributed by atoms with E-state index in [1.165, 1.54) is 6.07 Å². The van der Waals surface area contributed by atoms with Crippen LogP contribution in [0.3, 0.4) is 0 Å². The van der Waals surface area contributed by atoms with Gasteiger partial charge in [0.1, 0.15) is 0 Å². The number of carbonyl (C=O) groups excluding carboxylic acids is 2. The Morgan fingerprint density at radius 1 is 1.14 bits per heavy atom. The van der Waals surface area contributed by atoms with Crippen molar-refractivity contribution in [1.82, 2.24) is 4.90 Å². The first-order valence-corrected chi connectivity index (χ1v) is 9.40. The summed E-state index contributed by atoms with van der Waals surface area (Å²) in [6.45, 7) is 2.75. The minimum Gasteiger partial charge on any atom is -0.478 e. The lowest BCUT2D eigenvalue weighted by Crippen LogP contribution is -2.44. The standard InChI is InChI=1S/C22H24N2O4/c1-15-9-10-18(13-19(15)22(27)28)23-21(26)17-8-5-11-24(14-17)20(25)12-16-6-3-2-4-7-16/h2-4,6-7,9-10,13,17H,5,8,11-12,14H2,1H3,(H,23,26)(H,27,28). The number of carboxylic acids is 1. The van der Waals surface area contributed by atoms with Crippen LogP contribution in [0, 0.1) is 12.8 Å². The molecule has 6 nitrogen and oxygen atoms in total. The highest BCUT2D eigenvalue weighted by Crippen LogP contribution is 2.21. The van der Waals surface area contributed by atoms with Crippen molar-refractivity contribution in [3.8, 4) is 0 Å². The van der Waals surface area contributed by atoms with Crippen LogP contribution in [0.5, 0.6) is 0 Å². The molecule has 0 bridgehead atoms. The third-order valence-electron chi connectivity index (χ3n) is 5.08. The van der Waals surface area contributed by atoms with E-state index in [1.54, 1.807) is 24.0 Å². The zero-order valence-electron chi connectivity index (χ0n) is 15.9. The molecule has 0 radical (unpaired) electrons. The topological polar surface area (TPSA) is 86.7 Å². The molecule has 2 amide bonds. The summed E-state index contributed by atoms with van der Waals surface area (Å²) in [6, 6.07) is 14.4. The number of hydrogen-bond acceptors (Lipinski definition) is 3. The van der Waals surface area contributed by atoms with Crippen molar-refractivity contribution >= 4 is 23.5 Å². The fourth-order valence-electron chi connectivity index (χ4n) is 3.47. The molecule has 0 aromatic heterocycles. The molecular formula is C22H24N2O4. The van der Waals surface area contributed by atoms with Gasteiger partial charge >= 0.3 is 5.97 Å². The van der Waals surface area contributed by atoms with Gasteiger partial charge in [0.15, 0.2) is 0 Å². The third kappa shape index (κ3) is 4.76. The number of nitrogens with one attached hydrogen (secondary N) is 1. The van der Waals surface area contributed by atoms with Crippen molar-refractivity contribution in [3.05, 3.63) is 65.2 Å². The number of nitrogens with zero attached hydrogens (tertiary/aromatic N) is 1. The lowest BCUT2D eigenvalue weighted by atomic mass is 9.96. The molecule has 3 rings (SSSR count). The highest BCUT2D eigenvalue weighted by Gasteiger charge is 2.28. The second-order valence-corrected chi connectivity index (χ2v) is 7.17. The van der Waals surface area contributed by atoms with E-state index in [2.05, 4.69) is 5.32 Å². The van der Waals surface area contributed by atoms with E-state index in [9.17, 15) is 19.5 Å². The van der Waals surface area contributed by atoms with Gasteiger partial charge in [-0.05, 0) is 43.0 Å². The summed E-state index contributed by atoms with van der Waals surface area (Å²) < 4.78 is 0. The maximum absolute atomic E-state index is 12.7. The molecule has 2 aromatic carbocycles. The fourth-order valence-corrected chi connectivity index (χ4v) is 3.47. The van der Waals surface area contributed by atoms with Crippen LogP contribution in [0.15, 0.2) is 48.5 Å². The predicted molar refractivity (Wildman–Crippen MR) is 106 cm³/mol. The number of anilines is 1. The molecule has 1 atom stereocenters. The van der Waals surface area contributed by atoms with E-state index in [0.717, 1.165) is 12.0 Å². The highest BCUT2D eigenvalue weighted by molar-refractivity contribution is 5.96. The van der Waals surface area contributed by atoms with Crippen molar-refractivity contribution in [1.29, 1.82) is 0 Å². The molecule has 1 heterocycles. The summed E-state index contributed by atoms with van der Waals surface area (Å²) in [4.78, 5) is 38.3. The molecule has 1 saturated heterocycles. The van der Waals surface area contributed by atoms with Gasteiger partial charge in [-0.25, -0.2) is 4.79 Å². The number of hydrogen-bond donors (Lipinski definition) is 2. The Hall–Kier alpha value is -3.15. The molecule has 1 aliphatic heterocycles. The van der Waals surface area contributed by atoms with E-state index >= 15 is 0 Å². The average molecular weight is 380 g/mol. The van der Waals surface area contributed by atoms with E-state index in [0.29, 0.717) is 37.2 Å². The Morgan fingerprint density at radius 3 is 2.61 bits per heavy atom. The van der Waals surface area contributed by atoms with Crippen LogP contribution < -0.4 is 5.32 Å². The summed E-state index contributed by atoms with van der Waals surface area (Å²) >= 11 is 0. The Bertz CT molecular complexity index is 879. The summed E-state index contributed by atoms with van der Waals surface area (Å²) in [5, 5.41) is 12.0. The monoisotopic (exact) mass is 380 g/mol. The molecule has 0 spiro atoms. The molecular weight excluding hydrogens is 356 g/mol. The van der Waals surface area contributed by atoms with Crippen LogP contribution in [0.4, 0.5) is 5.69 Å². The van der Waals surface area contributed by atoms with Gasteiger partial charge in [0.2, 0.25) is 11.8 Å². The van der Waals surface area contributed by atoms with Gasteiger partial charge in [-0.1, -0.05) is 36.4 Å². The molecule has 28 heavy (non-hydrogen) atoms. The van der Waals surface area contributed by atoms with Crippen LogP contribution in [-0.4, -0.2) is 40.9 Å². The minimum absolute atomic E-state index is 0.0206. The molecule has 1 fully saturated rings. The van der Waals surface area contributed by atoms with Crippen molar-refractivity contribution in [2.75, 3.05) is 18.4 Å². The average Bonchev–Trinajstić information content (AvgIpc) is 2.70. The van der Waals surface area contributed by atoms with Crippen LogP contribution >= 0.6 is 0 Å². The maximum Gasteiger partial charge on any atom is 0.336 e. The normalized spacial score (nSPS) is 16.5. The van der Waals surface area contributed by atoms with Crippen LogP contribution in [0.25, 0.3) is 0 Å². The fraction of sp³-hybridized carbons (Fsp3) is 0.318. The molecule has 0 aliphatic carbocycles. The van der Waals surface area contributed by atoms with Crippen LogP contribution in [0.1, 0.15) is 34.3 Å². The van der Waals surface area contributed by atoms with Gasteiger partial charge in [-0.15, -0.1) is 0 Å². The number of benzene rings is 2. The molecule has 146 valence electrons. The molecule has 6 heteroatoms. The maximum atomic E-state index is 12.7. The lowest BCUT2D eigenvalue weighted by Gasteiger charge is -2.32. The summed E-state index contributed by atoms with van der Waals surface area (Å²) in [5.74, 6) is -1.49. The third-order valence-corrected chi connectivity index (χ3v) is 5.08. The van der Waals surface area contributed by atoms with Gasteiger partial charge in [-0.2, -0.15) is 0 Å². The molecule has 0 saturated carbocycles. The molecule has 2 N–H and O–H groups in total. The predicted octanol–water partition coefficient (Wildman–Crippen LogP) is 3.11. The summed E-state index contributed by atoms with van der Waals surface area (Å²) in [7, 11) is 0. The highest BCUT2D eigenvalue weighted by atomic mass is 16.4. The van der Waals surface area contributed by atoms with Gasteiger partial charge in [0.25, 0.3) is 0 Å². The Labute approximate surface area is 164 Å². The van der Waals surface area contributed by atoms with Gasteiger partial charge in [0.05, 0.1) is 17.9 Å². The second-order valence-electron chi connectivity index (χ2n) is 7.17. The van der Waals surface area contributed by atoms with E-state index < -0.39 is 5.97 Å². The SMILES string of the molecule is Cc1ccc(NC(=O)C2CCCN(C(=O)Cc3ccccc3)C2)cc1C(=O)O. The molecule has 1 unspecified atom stereocenters. The van der Waals surface area contributed by atoms with Crippen LogP contribution in [0.2, 0.25) is 0 Å². The molecule has 1 aliphatic rings.